The van der Waals surface area contributed by atoms with Gasteiger partial charge in [0.1, 0.15) is 13.2 Å². The Morgan fingerprint density at radius 3 is 0.871 bits per heavy atom. The van der Waals surface area contributed by atoms with E-state index < -0.39 is 6.10 Å². The Bertz CT molecular complexity index is 1310. The molecule has 0 rings (SSSR count). The minimum Gasteiger partial charge on any atom is -0.462 e. The molecule has 0 heterocycles. The van der Waals surface area contributed by atoms with E-state index in [1.807, 2.05) is 0 Å². The fourth-order valence-corrected chi connectivity index (χ4v) is 8.47. The van der Waals surface area contributed by atoms with Crippen molar-refractivity contribution >= 4 is 17.9 Å². The van der Waals surface area contributed by atoms with Gasteiger partial charge in [0.15, 0.2) is 6.10 Å². The van der Waals surface area contributed by atoms with E-state index in [0.717, 1.165) is 103 Å². The number of esters is 3. The zero-order valence-electron chi connectivity index (χ0n) is 46.3. The van der Waals surface area contributed by atoms with E-state index in [4.69, 9.17) is 14.2 Å². The Labute approximate surface area is 433 Å². The van der Waals surface area contributed by atoms with Crippen molar-refractivity contribution in [1.29, 1.82) is 0 Å². The van der Waals surface area contributed by atoms with Crippen LogP contribution in [0.4, 0.5) is 0 Å². The third kappa shape index (κ3) is 55.8. The van der Waals surface area contributed by atoms with Gasteiger partial charge in [-0.05, 0) is 89.9 Å². The molecule has 0 amide bonds. The number of ether oxygens (including phenoxy) is 3. The number of allylic oxidation sites excluding steroid dienone is 12. The molecule has 0 N–H and O–H groups in total. The van der Waals surface area contributed by atoms with Crippen LogP contribution >= 0.6 is 0 Å². The fraction of sp³-hybridized carbons (Fsp3) is 0.766. The van der Waals surface area contributed by atoms with Crippen molar-refractivity contribution in [2.45, 2.75) is 303 Å². The van der Waals surface area contributed by atoms with Gasteiger partial charge in [-0.3, -0.25) is 14.4 Å². The highest BCUT2D eigenvalue weighted by Crippen LogP contribution is 2.16. The van der Waals surface area contributed by atoms with Crippen molar-refractivity contribution in [2.24, 2.45) is 0 Å². The first-order valence-corrected chi connectivity index (χ1v) is 29.9. The molecule has 0 spiro atoms. The summed E-state index contributed by atoms with van der Waals surface area (Å²) >= 11 is 0. The molecule has 0 saturated heterocycles. The van der Waals surface area contributed by atoms with E-state index in [1.54, 1.807) is 0 Å². The third-order valence-electron chi connectivity index (χ3n) is 12.9. The van der Waals surface area contributed by atoms with Crippen molar-refractivity contribution in [3.05, 3.63) is 72.9 Å². The van der Waals surface area contributed by atoms with Gasteiger partial charge in [-0.1, -0.05) is 261 Å². The highest BCUT2D eigenvalue weighted by molar-refractivity contribution is 5.71. The van der Waals surface area contributed by atoms with Crippen molar-refractivity contribution < 1.29 is 28.6 Å². The van der Waals surface area contributed by atoms with Gasteiger partial charge in [-0.15, -0.1) is 0 Å². The Morgan fingerprint density at radius 1 is 0.300 bits per heavy atom. The van der Waals surface area contributed by atoms with Crippen molar-refractivity contribution in [3.8, 4) is 0 Å². The summed E-state index contributed by atoms with van der Waals surface area (Å²) in [5, 5.41) is 0. The maximum absolute atomic E-state index is 12.9. The lowest BCUT2D eigenvalue weighted by molar-refractivity contribution is -0.167. The Hall–Kier alpha value is -3.15. The summed E-state index contributed by atoms with van der Waals surface area (Å²) in [6.45, 7) is 6.52. The monoisotopic (exact) mass is 977 g/mol. The second kappa shape index (κ2) is 58.4. The van der Waals surface area contributed by atoms with Crippen LogP contribution in [-0.2, 0) is 28.6 Å². The van der Waals surface area contributed by atoms with Crippen LogP contribution in [0.15, 0.2) is 72.9 Å². The highest BCUT2D eigenvalue weighted by Gasteiger charge is 2.19. The van der Waals surface area contributed by atoms with E-state index in [1.165, 1.54) is 154 Å². The van der Waals surface area contributed by atoms with Crippen molar-refractivity contribution in [3.63, 3.8) is 0 Å². The third-order valence-corrected chi connectivity index (χ3v) is 12.9. The summed E-state index contributed by atoms with van der Waals surface area (Å²) in [5.41, 5.74) is 0. The van der Waals surface area contributed by atoms with Gasteiger partial charge < -0.3 is 14.2 Å². The van der Waals surface area contributed by atoms with Gasteiger partial charge in [-0.25, -0.2) is 0 Å². The van der Waals surface area contributed by atoms with E-state index >= 15 is 0 Å². The molecule has 0 saturated carbocycles. The Balaban J connectivity index is 4.33. The summed E-state index contributed by atoms with van der Waals surface area (Å²) in [5.74, 6) is -0.899. The van der Waals surface area contributed by atoms with Gasteiger partial charge in [-0.2, -0.15) is 0 Å². The molecule has 1 unspecified atom stereocenters. The van der Waals surface area contributed by atoms with Crippen LogP contribution in [-0.4, -0.2) is 37.2 Å². The fourth-order valence-electron chi connectivity index (χ4n) is 8.47. The standard InChI is InChI=1S/C64H112O6/c1-4-7-10-13-16-19-22-25-27-29-30-31-32-33-34-36-37-39-42-45-48-51-54-57-63(66)69-60-61(59-68-62(65)56-53-50-47-44-41-24-21-18-15-12-9-6-3)70-64(67)58-55-52-49-46-43-40-38-35-28-26-23-20-17-14-11-8-5-2/h8,11,17,20,22,25-26,28-30,38,40,61H,4-7,9-10,12-16,18-19,21,23-24,27,31-37,39,41-60H2,1-3H3/b11-8-,20-17-,25-22-,28-26-,30-29-,40-38-. The SMILES string of the molecule is CC/C=C\C/C=C\C/C=C\C/C=C\CCCCCCC(=O)OC(COC(=O)CCCCCCCCCCCCCC)COC(=O)CCCCCCCCCCCCC/C=C\C/C=C\CCCCCCC. The van der Waals surface area contributed by atoms with Crippen LogP contribution in [0.3, 0.4) is 0 Å². The predicted octanol–water partition coefficient (Wildman–Crippen LogP) is 20.2. The molecule has 70 heavy (non-hydrogen) atoms. The summed E-state index contributed by atoms with van der Waals surface area (Å²) in [6, 6.07) is 0. The molecule has 0 aliphatic carbocycles. The van der Waals surface area contributed by atoms with Gasteiger partial charge in [0.05, 0.1) is 0 Å². The van der Waals surface area contributed by atoms with Crippen LogP contribution in [0, 0.1) is 0 Å². The van der Waals surface area contributed by atoms with Crippen molar-refractivity contribution in [1.82, 2.24) is 0 Å². The number of hydrogen-bond acceptors (Lipinski definition) is 6. The van der Waals surface area contributed by atoms with Gasteiger partial charge in [0.25, 0.3) is 0 Å². The minimum absolute atomic E-state index is 0.0836. The van der Waals surface area contributed by atoms with E-state index in [-0.39, 0.29) is 31.1 Å². The quantitative estimate of drug-likeness (QED) is 0.0261. The molecule has 404 valence electrons. The predicted molar refractivity (Wildman–Crippen MR) is 302 cm³/mol. The van der Waals surface area contributed by atoms with Gasteiger partial charge >= 0.3 is 17.9 Å². The largest absolute Gasteiger partial charge is 0.462 e. The van der Waals surface area contributed by atoms with E-state index in [0.29, 0.717) is 19.3 Å². The first-order valence-electron chi connectivity index (χ1n) is 29.9. The van der Waals surface area contributed by atoms with E-state index in [9.17, 15) is 14.4 Å². The average Bonchev–Trinajstić information content (AvgIpc) is 3.36. The van der Waals surface area contributed by atoms with E-state index in [2.05, 4.69) is 93.7 Å². The molecule has 6 heteroatoms. The van der Waals surface area contributed by atoms with Gasteiger partial charge in [0, 0.05) is 19.3 Å². The highest BCUT2D eigenvalue weighted by atomic mass is 16.6. The summed E-state index contributed by atoms with van der Waals surface area (Å²) in [4.78, 5) is 38.2. The molecule has 0 radical (unpaired) electrons. The van der Waals surface area contributed by atoms with Crippen LogP contribution in [0.5, 0.6) is 0 Å². The van der Waals surface area contributed by atoms with Gasteiger partial charge in [0.2, 0.25) is 0 Å². The molecular formula is C64H112O6. The van der Waals surface area contributed by atoms with Crippen LogP contribution in [0.2, 0.25) is 0 Å². The topological polar surface area (TPSA) is 78.9 Å². The Morgan fingerprint density at radius 2 is 0.557 bits per heavy atom. The molecule has 0 bridgehead atoms. The Kier molecular flexibility index (Phi) is 55.8. The molecule has 6 nitrogen and oxygen atoms in total. The maximum Gasteiger partial charge on any atom is 0.306 e. The number of carbonyl (C=O) groups excluding carboxylic acids is 3. The normalized spacial score (nSPS) is 12.6. The molecule has 0 aromatic heterocycles. The van der Waals surface area contributed by atoms with Crippen LogP contribution in [0.25, 0.3) is 0 Å². The molecule has 0 aliphatic heterocycles. The lowest BCUT2D eigenvalue weighted by Crippen LogP contribution is -2.30. The second-order valence-electron chi connectivity index (χ2n) is 19.9. The summed E-state index contributed by atoms with van der Waals surface area (Å²) < 4.78 is 16.9. The zero-order valence-corrected chi connectivity index (χ0v) is 46.3. The average molecular weight is 978 g/mol. The van der Waals surface area contributed by atoms with Crippen molar-refractivity contribution in [2.75, 3.05) is 13.2 Å². The molecule has 1 atom stereocenters. The summed E-state index contributed by atoms with van der Waals surface area (Å²) in [6.07, 6.45) is 74.7. The lowest BCUT2D eigenvalue weighted by atomic mass is 10.0. The summed E-state index contributed by atoms with van der Waals surface area (Å²) in [7, 11) is 0. The first kappa shape index (κ1) is 66.9. The second-order valence-corrected chi connectivity index (χ2v) is 19.9. The molecule has 0 fully saturated rings. The number of hydrogen-bond donors (Lipinski definition) is 0. The smallest absolute Gasteiger partial charge is 0.306 e. The molecule has 0 aliphatic rings. The van der Waals surface area contributed by atoms with Crippen LogP contribution < -0.4 is 0 Å². The molecule has 0 aromatic rings. The number of rotatable bonds is 54. The lowest BCUT2D eigenvalue weighted by Gasteiger charge is -2.18. The number of unbranched alkanes of at least 4 members (excludes halogenated alkanes) is 31. The maximum atomic E-state index is 12.9. The van der Waals surface area contributed by atoms with Crippen LogP contribution in [0.1, 0.15) is 297 Å². The zero-order chi connectivity index (χ0) is 50.7. The minimum atomic E-state index is -0.788. The number of carbonyl (C=O) groups is 3. The molecule has 0 aromatic carbocycles. The molecular weight excluding hydrogens is 865 g/mol. The first-order chi connectivity index (χ1) is 34.5.